The summed E-state index contributed by atoms with van der Waals surface area (Å²) in [4.78, 5) is 17.0. The van der Waals surface area contributed by atoms with Crippen molar-refractivity contribution < 1.29 is 4.74 Å². The summed E-state index contributed by atoms with van der Waals surface area (Å²) in [7, 11) is 4.20. The highest BCUT2D eigenvalue weighted by Crippen LogP contribution is 2.21. The Bertz CT molecular complexity index is 454. The lowest BCUT2D eigenvalue weighted by atomic mass is 10.1. The van der Waals surface area contributed by atoms with Gasteiger partial charge in [-0.1, -0.05) is 0 Å². The Balaban J connectivity index is 2.16. The summed E-state index contributed by atoms with van der Waals surface area (Å²) in [5.74, 6) is 0.604. The average molecular weight is 300 g/mol. The van der Waals surface area contributed by atoms with E-state index in [4.69, 9.17) is 16.3 Å². The zero-order valence-corrected chi connectivity index (χ0v) is 13.3. The van der Waals surface area contributed by atoms with E-state index in [1.807, 2.05) is 13.8 Å². The Morgan fingerprint density at radius 3 is 2.70 bits per heavy atom. The monoisotopic (exact) mass is 299 g/mol. The highest BCUT2D eigenvalue weighted by molar-refractivity contribution is 6.28. The highest BCUT2D eigenvalue weighted by Gasteiger charge is 2.24. The van der Waals surface area contributed by atoms with Gasteiger partial charge < -0.3 is 14.5 Å². The fourth-order valence-electron chi connectivity index (χ4n) is 2.28. The molecule has 0 N–H and O–H groups in total. The number of halogens is 1. The molecule has 2 heterocycles. The summed E-state index contributed by atoms with van der Waals surface area (Å²) in [6.07, 6.45) is 2.32. The van der Waals surface area contributed by atoms with Crippen LogP contribution in [0.25, 0.3) is 0 Å². The molecule has 112 valence electrons. The maximum Gasteiger partial charge on any atom is 0.322 e. The first-order valence-corrected chi connectivity index (χ1v) is 7.33. The average Bonchev–Trinajstić information content (AvgIpc) is 2.37. The third kappa shape index (κ3) is 3.93. The molecule has 1 atom stereocenters. The smallest absolute Gasteiger partial charge is 0.322 e. The molecule has 0 spiro atoms. The van der Waals surface area contributed by atoms with Crippen LogP contribution in [-0.2, 0) is 0 Å². The number of ether oxygens (including phenoxy) is 1. The molecular formula is C13H22ClN5O. The van der Waals surface area contributed by atoms with Gasteiger partial charge in [-0.15, -0.1) is 0 Å². The van der Waals surface area contributed by atoms with Crippen LogP contribution >= 0.6 is 11.6 Å². The molecule has 0 saturated carbocycles. The third-order valence-corrected chi connectivity index (χ3v) is 3.50. The normalized spacial score (nSPS) is 19.8. The first-order chi connectivity index (χ1) is 9.45. The SMILES string of the molecule is CC(C)Oc1nc(Cl)nc(N2CCCC(N(C)C)C2)n1. The fourth-order valence-corrected chi connectivity index (χ4v) is 2.43. The van der Waals surface area contributed by atoms with Crippen LogP contribution in [0.4, 0.5) is 5.95 Å². The van der Waals surface area contributed by atoms with Gasteiger partial charge in [0.15, 0.2) is 0 Å². The molecule has 7 heteroatoms. The van der Waals surface area contributed by atoms with E-state index in [0.29, 0.717) is 18.0 Å². The van der Waals surface area contributed by atoms with Gasteiger partial charge in [0.1, 0.15) is 0 Å². The summed E-state index contributed by atoms with van der Waals surface area (Å²) < 4.78 is 5.52. The van der Waals surface area contributed by atoms with Crippen LogP contribution in [0, 0.1) is 0 Å². The third-order valence-electron chi connectivity index (χ3n) is 3.33. The zero-order valence-electron chi connectivity index (χ0n) is 12.5. The van der Waals surface area contributed by atoms with Crippen LogP contribution < -0.4 is 9.64 Å². The predicted octanol–water partition coefficient (Wildman–Crippen LogP) is 1.84. The van der Waals surface area contributed by atoms with E-state index in [-0.39, 0.29) is 11.4 Å². The van der Waals surface area contributed by atoms with Gasteiger partial charge >= 0.3 is 6.01 Å². The molecule has 1 unspecified atom stereocenters. The Morgan fingerprint density at radius 1 is 1.30 bits per heavy atom. The minimum Gasteiger partial charge on any atom is -0.461 e. The summed E-state index contributed by atoms with van der Waals surface area (Å²) in [5, 5.41) is 0.178. The highest BCUT2D eigenvalue weighted by atomic mass is 35.5. The van der Waals surface area contributed by atoms with Crippen LogP contribution in [0.15, 0.2) is 0 Å². The van der Waals surface area contributed by atoms with Crippen LogP contribution in [0.2, 0.25) is 5.28 Å². The van der Waals surface area contributed by atoms with E-state index in [1.165, 1.54) is 6.42 Å². The molecule has 1 aliphatic rings. The minimum atomic E-state index is 0.0113. The van der Waals surface area contributed by atoms with Crippen molar-refractivity contribution in [2.75, 3.05) is 32.1 Å². The fraction of sp³-hybridized carbons (Fsp3) is 0.769. The van der Waals surface area contributed by atoms with Crippen molar-refractivity contribution in [1.29, 1.82) is 0 Å². The van der Waals surface area contributed by atoms with Gasteiger partial charge in [0.25, 0.3) is 0 Å². The van der Waals surface area contributed by atoms with Gasteiger partial charge in [0.2, 0.25) is 11.2 Å². The van der Waals surface area contributed by atoms with E-state index in [9.17, 15) is 0 Å². The molecule has 1 aliphatic heterocycles. The van der Waals surface area contributed by atoms with Crippen LogP contribution in [0.3, 0.4) is 0 Å². The molecule has 0 amide bonds. The quantitative estimate of drug-likeness (QED) is 0.845. The number of rotatable bonds is 4. The Morgan fingerprint density at radius 2 is 2.05 bits per heavy atom. The van der Waals surface area contributed by atoms with Crippen molar-refractivity contribution in [3.8, 4) is 6.01 Å². The van der Waals surface area contributed by atoms with Gasteiger partial charge in [0.05, 0.1) is 6.10 Å². The molecule has 1 aromatic rings. The topological polar surface area (TPSA) is 54.4 Å². The summed E-state index contributed by atoms with van der Waals surface area (Å²) in [5.41, 5.74) is 0. The molecular weight excluding hydrogens is 278 g/mol. The second-order valence-electron chi connectivity index (χ2n) is 5.56. The molecule has 0 aliphatic carbocycles. The van der Waals surface area contributed by atoms with E-state index in [1.54, 1.807) is 0 Å². The Labute approximate surface area is 125 Å². The van der Waals surface area contributed by atoms with E-state index >= 15 is 0 Å². The Hall–Kier alpha value is -1.14. The largest absolute Gasteiger partial charge is 0.461 e. The maximum absolute atomic E-state index is 5.97. The van der Waals surface area contributed by atoms with Gasteiger partial charge in [-0.25, -0.2) is 0 Å². The standard InChI is InChI=1S/C13H22ClN5O/c1-9(2)20-13-16-11(14)15-12(17-13)19-7-5-6-10(8-19)18(3)4/h9-10H,5-8H2,1-4H3. The van der Waals surface area contributed by atoms with Crippen molar-refractivity contribution in [3.63, 3.8) is 0 Å². The van der Waals surface area contributed by atoms with Crippen LogP contribution in [0.5, 0.6) is 6.01 Å². The lowest BCUT2D eigenvalue weighted by Gasteiger charge is -2.36. The van der Waals surface area contributed by atoms with Crippen LogP contribution in [-0.4, -0.2) is 59.2 Å². The van der Waals surface area contributed by atoms with E-state index in [2.05, 4.69) is 38.8 Å². The number of nitrogens with zero attached hydrogens (tertiary/aromatic N) is 5. The molecule has 0 radical (unpaired) electrons. The minimum absolute atomic E-state index is 0.0113. The summed E-state index contributed by atoms with van der Waals surface area (Å²) in [6, 6.07) is 0.802. The Kier molecular flexibility index (Phi) is 4.99. The first-order valence-electron chi connectivity index (χ1n) is 6.95. The summed E-state index contributed by atoms with van der Waals surface area (Å²) in [6.45, 7) is 5.70. The van der Waals surface area contributed by atoms with Crippen molar-refractivity contribution in [1.82, 2.24) is 19.9 Å². The lowest BCUT2D eigenvalue weighted by Crippen LogP contribution is -2.45. The number of aromatic nitrogens is 3. The predicted molar refractivity (Wildman–Crippen MR) is 79.5 cm³/mol. The second kappa shape index (κ2) is 6.54. The number of hydrogen-bond donors (Lipinski definition) is 0. The van der Waals surface area contributed by atoms with Gasteiger partial charge in [-0.2, -0.15) is 15.0 Å². The molecule has 2 rings (SSSR count). The van der Waals surface area contributed by atoms with Gasteiger partial charge in [-0.3, -0.25) is 0 Å². The molecule has 20 heavy (non-hydrogen) atoms. The zero-order chi connectivity index (χ0) is 14.7. The summed E-state index contributed by atoms with van der Waals surface area (Å²) >= 11 is 5.97. The van der Waals surface area contributed by atoms with E-state index in [0.717, 1.165) is 19.5 Å². The number of hydrogen-bond acceptors (Lipinski definition) is 6. The molecule has 1 aromatic heterocycles. The molecule has 1 saturated heterocycles. The van der Waals surface area contributed by atoms with Gasteiger partial charge in [-0.05, 0) is 52.4 Å². The molecule has 1 fully saturated rings. The van der Waals surface area contributed by atoms with Crippen molar-refractivity contribution >= 4 is 17.5 Å². The van der Waals surface area contributed by atoms with Gasteiger partial charge in [0, 0.05) is 19.1 Å². The molecule has 0 aromatic carbocycles. The van der Waals surface area contributed by atoms with Crippen molar-refractivity contribution in [2.45, 2.75) is 38.8 Å². The molecule has 6 nitrogen and oxygen atoms in total. The number of anilines is 1. The molecule has 0 bridgehead atoms. The first kappa shape index (κ1) is 15.3. The van der Waals surface area contributed by atoms with Crippen LogP contribution in [0.1, 0.15) is 26.7 Å². The number of likely N-dealkylation sites (N-methyl/N-ethyl adjacent to an activating group) is 1. The van der Waals surface area contributed by atoms with E-state index < -0.39 is 0 Å². The number of piperidine rings is 1. The second-order valence-corrected chi connectivity index (χ2v) is 5.90. The lowest BCUT2D eigenvalue weighted by molar-refractivity contribution is 0.220. The maximum atomic E-state index is 5.97. The van der Waals surface area contributed by atoms with Crippen molar-refractivity contribution in [3.05, 3.63) is 5.28 Å². The van der Waals surface area contributed by atoms with Crippen molar-refractivity contribution in [2.24, 2.45) is 0 Å².